The maximum absolute atomic E-state index is 12.5. The molecule has 0 saturated carbocycles. The highest BCUT2D eigenvalue weighted by molar-refractivity contribution is 5.80. The second-order valence-electron chi connectivity index (χ2n) is 5.37. The second-order valence-corrected chi connectivity index (χ2v) is 5.37. The van der Waals surface area contributed by atoms with Crippen LogP contribution in [-0.4, -0.2) is 51.7 Å². The predicted molar refractivity (Wildman–Crippen MR) is 81.9 cm³/mol. The van der Waals surface area contributed by atoms with Crippen molar-refractivity contribution in [1.29, 1.82) is 0 Å². The lowest BCUT2D eigenvalue weighted by Crippen LogP contribution is -2.31. The molecule has 0 spiro atoms. The Morgan fingerprint density at radius 2 is 2.00 bits per heavy atom. The Kier molecular flexibility index (Phi) is 5.44. The van der Waals surface area contributed by atoms with E-state index in [9.17, 15) is 4.79 Å². The third-order valence-electron chi connectivity index (χ3n) is 3.99. The molecule has 1 fully saturated rings. The van der Waals surface area contributed by atoms with Crippen LogP contribution in [0.25, 0.3) is 0 Å². The lowest BCUT2D eigenvalue weighted by atomic mass is 10.1. The van der Waals surface area contributed by atoms with E-state index < -0.39 is 0 Å². The summed E-state index contributed by atoms with van der Waals surface area (Å²) in [5, 5.41) is 3.18. The molecule has 1 aliphatic heterocycles. The third kappa shape index (κ3) is 3.67. The summed E-state index contributed by atoms with van der Waals surface area (Å²) in [6, 6.07) is 5.59. The Morgan fingerprint density at radius 1 is 1.33 bits per heavy atom. The first-order valence-electron chi connectivity index (χ1n) is 7.31. The molecule has 0 unspecified atom stereocenters. The lowest BCUT2D eigenvalue weighted by Gasteiger charge is -2.19. The Bertz CT molecular complexity index is 468. The first kappa shape index (κ1) is 15.6. The van der Waals surface area contributed by atoms with Gasteiger partial charge in [0.25, 0.3) is 0 Å². The Balaban J connectivity index is 2.06. The van der Waals surface area contributed by atoms with Gasteiger partial charge < -0.3 is 19.7 Å². The summed E-state index contributed by atoms with van der Waals surface area (Å²) in [6.07, 6.45) is 1.38. The largest absolute Gasteiger partial charge is 0.496 e. The van der Waals surface area contributed by atoms with Crippen molar-refractivity contribution in [2.24, 2.45) is 5.92 Å². The maximum Gasteiger partial charge on any atom is 0.227 e. The first-order valence-corrected chi connectivity index (χ1v) is 7.31. The number of hydrogen-bond acceptors (Lipinski definition) is 4. The SMILES string of the molecule is CNC[C@H]1CCN(C(=O)Cc2c(OC)cccc2OC)C1. The molecule has 1 N–H and O–H groups in total. The molecule has 116 valence electrons. The van der Waals surface area contributed by atoms with E-state index in [-0.39, 0.29) is 5.91 Å². The van der Waals surface area contributed by atoms with E-state index in [4.69, 9.17) is 9.47 Å². The van der Waals surface area contributed by atoms with Gasteiger partial charge in [0.05, 0.1) is 20.6 Å². The van der Waals surface area contributed by atoms with Gasteiger partial charge in [-0.05, 0) is 38.1 Å². The molecule has 1 saturated heterocycles. The van der Waals surface area contributed by atoms with Crippen molar-refractivity contribution in [1.82, 2.24) is 10.2 Å². The van der Waals surface area contributed by atoms with Gasteiger partial charge in [0, 0.05) is 18.7 Å². The molecule has 1 aromatic rings. The van der Waals surface area contributed by atoms with Gasteiger partial charge in [-0.25, -0.2) is 0 Å². The maximum atomic E-state index is 12.5. The molecule has 1 aromatic carbocycles. The van der Waals surface area contributed by atoms with Crippen LogP contribution in [0.3, 0.4) is 0 Å². The van der Waals surface area contributed by atoms with Gasteiger partial charge in [0.1, 0.15) is 11.5 Å². The number of nitrogens with zero attached hydrogens (tertiary/aromatic N) is 1. The highest BCUT2D eigenvalue weighted by Gasteiger charge is 2.27. The fourth-order valence-corrected chi connectivity index (χ4v) is 2.88. The number of methoxy groups -OCH3 is 2. The summed E-state index contributed by atoms with van der Waals surface area (Å²) in [7, 11) is 5.17. The van der Waals surface area contributed by atoms with Crippen LogP contribution >= 0.6 is 0 Å². The number of nitrogens with one attached hydrogen (secondary N) is 1. The van der Waals surface area contributed by atoms with Crippen LogP contribution in [0.15, 0.2) is 18.2 Å². The summed E-state index contributed by atoms with van der Waals surface area (Å²) >= 11 is 0. The molecule has 2 rings (SSSR count). The Morgan fingerprint density at radius 3 is 2.57 bits per heavy atom. The number of benzene rings is 1. The topological polar surface area (TPSA) is 50.8 Å². The average Bonchev–Trinajstić information content (AvgIpc) is 2.96. The summed E-state index contributed by atoms with van der Waals surface area (Å²) in [4.78, 5) is 14.4. The van der Waals surface area contributed by atoms with Gasteiger partial charge >= 0.3 is 0 Å². The van der Waals surface area contributed by atoms with Gasteiger partial charge in [-0.1, -0.05) is 6.07 Å². The number of ether oxygens (including phenoxy) is 2. The van der Waals surface area contributed by atoms with Crippen LogP contribution < -0.4 is 14.8 Å². The number of carbonyl (C=O) groups excluding carboxylic acids is 1. The normalized spacial score (nSPS) is 17.9. The van der Waals surface area contributed by atoms with Gasteiger partial charge in [-0.15, -0.1) is 0 Å². The highest BCUT2D eigenvalue weighted by Crippen LogP contribution is 2.29. The van der Waals surface area contributed by atoms with Crippen LogP contribution in [0, 0.1) is 5.92 Å². The molecule has 5 heteroatoms. The number of amides is 1. The molecule has 21 heavy (non-hydrogen) atoms. The summed E-state index contributed by atoms with van der Waals surface area (Å²) in [6.45, 7) is 2.63. The van der Waals surface area contributed by atoms with Gasteiger partial charge in [-0.3, -0.25) is 4.79 Å². The van der Waals surface area contributed by atoms with E-state index in [1.54, 1.807) is 14.2 Å². The number of likely N-dealkylation sites (tertiary alicyclic amines) is 1. The number of hydrogen-bond donors (Lipinski definition) is 1. The van der Waals surface area contributed by atoms with E-state index in [0.717, 1.165) is 31.6 Å². The zero-order valence-corrected chi connectivity index (χ0v) is 13.0. The average molecular weight is 292 g/mol. The van der Waals surface area contributed by atoms with E-state index in [1.165, 1.54) is 0 Å². The summed E-state index contributed by atoms with van der Waals surface area (Å²) in [5.41, 5.74) is 0.824. The van der Waals surface area contributed by atoms with E-state index >= 15 is 0 Å². The minimum atomic E-state index is 0.136. The zero-order chi connectivity index (χ0) is 15.2. The number of rotatable bonds is 6. The molecule has 1 heterocycles. The molecule has 1 amide bonds. The molecule has 5 nitrogen and oxygen atoms in total. The second kappa shape index (κ2) is 7.31. The van der Waals surface area contributed by atoms with Crippen molar-refractivity contribution in [2.75, 3.05) is 40.9 Å². The van der Waals surface area contributed by atoms with Crippen LogP contribution in [0.1, 0.15) is 12.0 Å². The Labute approximate surface area is 126 Å². The minimum absolute atomic E-state index is 0.136. The summed E-state index contributed by atoms with van der Waals surface area (Å²) in [5.74, 6) is 2.09. The third-order valence-corrected chi connectivity index (χ3v) is 3.99. The fourth-order valence-electron chi connectivity index (χ4n) is 2.88. The van der Waals surface area contributed by atoms with Crippen molar-refractivity contribution in [3.05, 3.63) is 23.8 Å². The van der Waals surface area contributed by atoms with Crippen LogP contribution in [0.2, 0.25) is 0 Å². The molecular weight excluding hydrogens is 268 g/mol. The van der Waals surface area contributed by atoms with Crippen LogP contribution in [0.5, 0.6) is 11.5 Å². The molecular formula is C16H24N2O3. The number of carbonyl (C=O) groups is 1. The minimum Gasteiger partial charge on any atom is -0.496 e. The van der Waals surface area contributed by atoms with E-state index in [0.29, 0.717) is 23.8 Å². The van der Waals surface area contributed by atoms with E-state index in [2.05, 4.69) is 5.32 Å². The predicted octanol–water partition coefficient (Wildman–Crippen LogP) is 1.31. The van der Waals surface area contributed by atoms with Crippen molar-refractivity contribution < 1.29 is 14.3 Å². The molecule has 1 atom stereocenters. The van der Waals surface area contributed by atoms with Gasteiger partial charge in [0.2, 0.25) is 5.91 Å². The van der Waals surface area contributed by atoms with Crippen molar-refractivity contribution in [3.8, 4) is 11.5 Å². The monoisotopic (exact) mass is 292 g/mol. The zero-order valence-electron chi connectivity index (χ0n) is 13.0. The molecule has 0 aliphatic carbocycles. The smallest absolute Gasteiger partial charge is 0.227 e. The van der Waals surface area contributed by atoms with Crippen LogP contribution in [0.4, 0.5) is 0 Å². The molecule has 0 radical (unpaired) electrons. The van der Waals surface area contributed by atoms with Gasteiger partial charge in [0.15, 0.2) is 0 Å². The molecule has 0 aromatic heterocycles. The molecule has 1 aliphatic rings. The highest BCUT2D eigenvalue weighted by atomic mass is 16.5. The van der Waals surface area contributed by atoms with Crippen molar-refractivity contribution in [3.63, 3.8) is 0 Å². The lowest BCUT2D eigenvalue weighted by molar-refractivity contribution is -0.129. The van der Waals surface area contributed by atoms with Crippen molar-refractivity contribution >= 4 is 5.91 Å². The van der Waals surface area contributed by atoms with Crippen LogP contribution in [-0.2, 0) is 11.2 Å². The molecule has 0 bridgehead atoms. The van der Waals surface area contributed by atoms with Gasteiger partial charge in [-0.2, -0.15) is 0 Å². The first-order chi connectivity index (χ1) is 10.2. The quantitative estimate of drug-likeness (QED) is 0.859. The van der Waals surface area contributed by atoms with Crippen molar-refractivity contribution in [2.45, 2.75) is 12.8 Å². The fraction of sp³-hybridized carbons (Fsp3) is 0.562. The standard InChI is InChI=1S/C16H24N2O3/c1-17-10-12-7-8-18(11-12)16(19)9-13-14(20-2)5-4-6-15(13)21-3/h4-6,12,17H,7-11H2,1-3H3/t12-/m1/s1. The summed E-state index contributed by atoms with van der Waals surface area (Å²) < 4.78 is 10.7. The van der Waals surface area contributed by atoms with E-state index in [1.807, 2.05) is 30.1 Å². The Hall–Kier alpha value is -1.75.